The molecule has 1 aromatic rings. The number of aromatic hydroxyl groups is 3. The molecule has 1 aromatic carbocycles. The van der Waals surface area contributed by atoms with Gasteiger partial charge in [0.05, 0.1) is 0 Å². The SMILES string of the molecule is CN(CC(C)(C)C)C(=O)c1cc(O)c(O)c(O)c1. The Kier molecular flexibility index (Phi) is 3.74. The van der Waals surface area contributed by atoms with Crippen LogP contribution in [0.5, 0.6) is 17.2 Å². The Morgan fingerprint density at radius 3 is 2.00 bits per heavy atom. The lowest BCUT2D eigenvalue weighted by Gasteiger charge is -2.26. The fraction of sp³-hybridized carbons (Fsp3) is 0.462. The van der Waals surface area contributed by atoms with Crippen LogP contribution in [0.15, 0.2) is 12.1 Å². The van der Waals surface area contributed by atoms with Crippen molar-refractivity contribution in [3.8, 4) is 17.2 Å². The predicted octanol–water partition coefficient (Wildman–Crippen LogP) is 1.92. The summed E-state index contributed by atoms with van der Waals surface area (Å²) in [5.41, 5.74) is 0.0837. The van der Waals surface area contributed by atoms with E-state index in [0.717, 1.165) is 12.1 Å². The Balaban J connectivity index is 2.98. The molecule has 3 N–H and O–H groups in total. The topological polar surface area (TPSA) is 81.0 Å². The van der Waals surface area contributed by atoms with E-state index in [0.29, 0.717) is 6.54 Å². The molecule has 1 amide bonds. The van der Waals surface area contributed by atoms with Crippen LogP contribution in [0, 0.1) is 5.41 Å². The number of hydrogen-bond acceptors (Lipinski definition) is 4. The van der Waals surface area contributed by atoms with Gasteiger partial charge in [-0.25, -0.2) is 0 Å². The molecule has 5 nitrogen and oxygen atoms in total. The molecule has 0 unspecified atom stereocenters. The van der Waals surface area contributed by atoms with Crippen molar-refractivity contribution in [3.05, 3.63) is 17.7 Å². The zero-order valence-electron chi connectivity index (χ0n) is 11.1. The van der Waals surface area contributed by atoms with Gasteiger partial charge >= 0.3 is 0 Å². The van der Waals surface area contributed by atoms with Crippen molar-refractivity contribution in [2.45, 2.75) is 20.8 Å². The molecule has 18 heavy (non-hydrogen) atoms. The number of nitrogens with zero attached hydrogens (tertiary/aromatic N) is 1. The molecule has 0 fully saturated rings. The average Bonchev–Trinajstić information content (AvgIpc) is 2.21. The van der Waals surface area contributed by atoms with Gasteiger partial charge in [-0.2, -0.15) is 0 Å². The molecule has 100 valence electrons. The molecule has 5 heteroatoms. The maximum atomic E-state index is 12.1. The lowest BCUT2D eigenvalue weighted by molar-refractivity contribution is 0.0744. The maximum absolute atomic E-state index is 12.1. The summed E-state index contributed by atoms with van der Waals surface area (Å²) in [6.07, 6.45) is 0. The second kappa shape index (κ2) is 4.76. The molecule has 0 atom stereocenters. The lowest BCUT2D eigenvalue weighted by atomic mass is 9.96. The largest absolute Gasteiger partial charge is 0.504 e. The van der Waals surface area contributed by atoms with Crippen LogP contribution in [0.1, 0.15) is 31.1 Å². The van der Waals surface area contributed by atoms with Gasteiger partial charge in [-0.3, -0.25) is 4.79 Å². The highest BCUT2D eigenvalue weighted by Crippen LogP contribution is 2.35. The Morgan fingerprint density at radius 1 is 1.17 bits per heavy atom. The summed E-state index contributed by atoms with van der Waals surface area (Å²) in [6, 6.07) is 2.27. The number of benzene rings is 1. The number of carbonyl (C=O) groups excluding carboxylic acids is 1. The molecule has 0 saturated carbocycles. The van der Waals surface area contributed by atoms with E-state index in [1.54, 1.807) is 7.05 Å². The first-order valence-corrected chi connectivity index (χ1v) is 5.62. The minimum absolute atomic E-state index is 0.0502. The summed E-state index contributed by atoms with van der Waals surface area (Å²) in [4.78, 5) is 13.6. The predicted molar refractivity (Wildman–Crippen MR) is 67.9 cm³/mol. The standard InChI is InChI=1S/C13H19NO4/c1-13(2,3)7-14(4)12(18)8-5-9(15)11(17)10(16)6-8/h5-6,15-17H,7H2,1-4H3. The van der Waals surface area contributed by atoms with E-state index in [1.165, 1.54) is 4.90 Å². The van der Waals surface area contributed by atoms with Gasteiger partial charge in [0.2, 0.25) is 0 Å². The molecule has 0 aliphatic heterocycles. The summed E-state index contributed by atoms with van der Waals surface area (Å²) in [7, 11) is 1.65. The third-order valence-electron chi connectivity index (χ3n) is 2.37. The van der Waals surface area contributed by atoms with Crippen LogP contribution in [0.3, 0.4) is 0 Å². The molecule has 0 saturated heterocycles. The van der Waals surface area contributed by atoms with Gasteiger partial charge in [-0.15, -0.1) is 0 Å². The monoisotopic (exact) mass is 253 g/mol. The molecule has 0 heterocycles. The van der Waals surface area contributed by atoms with Crippen LogP contribution in [0.2, 0.25) is 0 Å². The Hall–Kier alpha value is -1.91. The Labute approximate surface area is 106 Å². The molecule has 0 radical (unpaired) electrons. The van der Waals surface area contributed by atoms with E-state index in [1.807, 2.05) is 20.8 Å². The van der Waals surface area contributed by atoms with E-state index in [9.17, 15) is 20.1 Å². The summed E-state index contributed by atoms with van der Waals surface area (Å²) in [6.45, 7) is 6.54. The summed E-state index contributed by atoms with van der Waals surface area (Å²) < 4.78 is 0. The maximum Gasteiger partial charge on any atom is 0.253 e. The van der Waals surface area contributed by atoms with Crippen LogP contribution in [-0.4, -0.2) is 39.7 Å². The summed E-state index contributed by atoms with van der Waals surface area (Å²) in [5, 5.41) is 27.9. The van der Waals surface area contributed by atoms with Gasteiger partial charge in [0.15, 0.2) is 17.2 Å². The first-order chi connectivity index (χ1) is 8.11. The van der Waals surface area contributed by atoms with Gasteiger partial charge in [-0.05, 0) is 17.5 Å². The zero-order valence-corrected chi connectivity index (χ0v) is 11.1. The second-order valence-electron chi connectivity index (χ2n) is 5.58. The van der Waals surface area contributed by atoms with Crippen LogP contribution < -0.4 is 0 Å². The van der Waals surface area contributed by atoms with E-state index < -0.39 is 17.2 Å². The fourth-order valence-electron chi connectivity index (χ4n) is 1.73. The molecular weight excluding hydrogens is 234 g/mol. The summed E-state index contributed by atoms with van der Waals surface area (Å²) >= 11 is 0. The van der Waals surface area contributed by atoms with Crippen molar-refractivity contribution < 1.29 is 20.1 Å². The highest BCUT2D eigenvalue weighted by molar-refractivity contribution is 5.95. The molecule has 0 bridgehead atoms. The normalized spacial score (nSPS) is 11.3. The molecule has 0 aliphatic carbocycles. The highest BCUT2D eigenvalue weighted by Gasteiger charge is 2.20. The second-order valence-corrected chi connectivity index (χ2v) is 5.58. The molecule has 0 aliphatic rings. The van der Waals surface area contributed by atoms with Crippen molar-refractivity contribution in [1.29, 1.82) is 0 Å². The third-order valence-corrected chi connectivity index (χ3v) is 2.37. The minimum atomic E-state index is -0.620. The fourth-order valence-corrected chi connectivity index (χ4v) is 1.73. The smallest absolute Gasteiger partial charge is 0.253 e. The van der Waals surface area contributed by atoms with Gasteiger partial charge < -0.3 is 20.2 Å². The number of phenolic OH excluding ortho intramolecular Hbond substituents is 3. The van der Waals surface area contributed by atoms with Crippen LogP contribution >= 0.6 is 0 Å². The van der Waals surface area contributed by atoms with E-state index in [4.69, 9.17) is 0 Å². The Bertz CT molecular complexity index is 440. The van der Waals surface area contributed by atoms with Gasteiger partial charge in [0.1, 0.15) is 0 Å². The molecule has 0 aromatic heterocycles. The van der Waals surface area contributed by atoms with Crippen molar-refractivity contribution in [2.75, 3.05) is 13.6 Å². The average molecular weight is 253 g/mol. The number of amides is 1. The number of carbonyl (C=O) groups is 1. The van der Waals surface area contributed by atoms with Crippen molar-refractivity contribution in [1.82, 2.24) is 4.90 Å². The minimum Gasteiger partial charge on any atom is -0.504 e. The van der Waals surface area contributed by atoms with Gasteiger partial charge in [0, 0.05) is 19.2 Å². The van der Waals surface area contributed by atoms with E-state index >= 15 is 0 Å². The molecule has 0 spiro atoms. The van der Waals surface area contributed by atoms with Gasteiger partial charge in [-0.1, -0.05) is 20.8 Å². The third kappa shape index (κ3) is 3.29. The highest BCUT2D eigenvalue weighted by atomic mass is 16.3. The molecule has 1 rings (SSSR count). The Morgan fingerprint density at radius 2 is 1.61 bits per heavy atom. The van der Waals surface area contributed by atoms with Gasteiger partial charge in [0.25, 0.3) is 5.91 Å². The lowest BCUT2D eigenvalue weighted by Crippen LogP contribution is -2.34. The first kappa shape index (κ1) is 14.2. The van der Waals surface area contributed by atoms with Crippen LogP contribution in [-0.2, 0) is 0 Å². The van der Waals surface area contributed by atoms with Crippen LogP contribution in [0.4, 0.5) is 0 Å². The zero-order chi connectivity index (χ0) is 14.1. The number of phenols is 3. The number of hydrogen-bond donors (Lipinski definition) is 3. The summed E-state index contributed by atoms with van der Waals surface area (Å²) in [5.74, 6) is -1.97. The van der Waals surface area contributed by atoms with Crippen LogP contribution in [0.25, 0.3) is 0 Å². The van der Waals surface area contributed by atoms with E-state index in [-0.39, 0.29) is 16.9 Å². The van der Waals surface area contributed by atoms with Crippen molar-refractivity contribution in [2.24, 2.45) is 5.41 Å². The molecular formula is C13H19NO4. The van der Waals surface area contributed by atoms with E-state index in [2.05, 4.69) is 0 Å². The van der Waals surface area contributed by atoms with Crippen molar-refractivity contribution >= 4 is 5.91 Å². The van der Waals surface area contributed by atoms with Crippen molar-refractivity contribution in [3.63, 3.8) is 0 Å². The quantitative estimate of drug-likeness (QED) is 0.703. The first-order valence-electron chi connectivity index (χ1n) is 5.62. The number of rotatable bonds is 2.